The number of carbonyl (C=O) groups excluding carboxylic acids is 1. The van der Waals surface area contributed by atoms with Gasteiger partial charge in [-0.2, -0.15) is 13.2 Å². The van der Waals surface area contributed by atoms with Crippen LogP contribution in [0.1, 0.15) is 16.9 Å². The van der Waals surface area contributed by atoms with Crippen LogP contribution in [0.15, 0.2) is 17.2 Å². The van der Waals surface area contributed by atoms with E-state index in [0.717, 1.165) is 19.6 Å². The second kappa shape index (κ2) is 8.27. The number of nitrogens with zero attached hydrogens (tertiary/aromatic N) is 3. The van der Waals surface area contributed by atoms with E-state index in [4.69, 9.17) is 14.6 Å². The monoisotopic (exact) mass is 406 g/mol. The molecule has 0 bridgehead atoms. The molecule has 9 nitrogen and oxygen atoms in total. The lowest BCUT2D eigenvalue weighted by atomic mass is 9.84. The van der Waals surface area contributed by atoms with Gasteiger partial charge in [0, 0.05) is 32.8 Å². The second-order valence-electron chi connectivity index (χ2n) is 6.89. The van der Waals surface area contributed by atoms with E-state index in [2.05, 4.69) is 21.9 Å². The van der Waals surface area contributed by atoms with E-state index < -0.39 is 12.1 Å². The molecule has 2 fully saturated rings. The van der Waals surface area contributed by atoms with Crippen LogP contribution in [0.25, 0.3) is 0 Å². The number of ether oxygens (including phenoxy) is 1. The minimum absolute atomic E-state index is 0.0695. The van der Waals surface area contributed by atoms with E-state index in [-0.39, 0.29) is 22.7 Å². The molecule has 28 heavy (non-hydrogen) atoms. The highest BCUT2D eigenvalue weighted by molar-refractivity contribution is 5.93. The lowest BCUT2D eigenvalue weighted by Gasteiger charge is -2.51. The predicted molar refractivity (Wildman–Crippen MR) is 89.8 cm³/mol. The number of aromatic nitrogens is 2. The van der Waals surface area contributed by atoms with Crippen LogP contribution in [0.4, 0.5) is 13.2 Å². The smallest absolute Gasteiger partial charge is 0.475 e. The van der Waals surface area contributed by atoms with Gasteiger partial charge in [0.25, 0.3) is 11.5 Å². The maximum Gasteiger partial charge on any atom is 0.490 e. The molecule has 0 radical (unpaired) electrons. The Balaban J connectivity index is 0.000000345. The summed E-state index contributed by atoms with van der Waals surface area (Å²) in [5.41, 5.74) is -0.0236. The summed E-state index contributed by atoms with van der Waals surface area (Å²) in [4.78, 5) is 42.9. The Kier molecular flexibility index (Phi) is 6.44. The van der Waals surface area contributed by atoms with E-state index in [1.165, 1.54) is 12.4 Å². The zero-order valence-corrected chi connectivity index (χ0v) is 15.3. The number of carbonyl (C=O) groups is 2. The van der Waals surface area contributed by atoms with E-state index in [9.17, 15) is 22.8 Å². The Hall–Kier alpha value is -2.47. The van der Waals surface area contributed by atoms with Gasteiger partial charge in [-0.15, -0.1) is 0 Å². The van der Waals surface area contributed by atoms with E-state index in [1.54, 1.807) is 12.0 Å². The highest BCUT2D eigenvalue weighted by Crippen LogP contribution is 2.39. The van der Waals surface area contributed by atoms with Crippen molar-refractivity contribution in [1.82, 2.24) is 19.8 Å². The predicted octanol–water partition coefficient (Wildman–Crippen LogP) is 0.196. The van der Waals surface area contributed by atoms with Crippen LogP contribution in [0, 0.1) is 5.92 Å². The number of hydrogen-bond acceptors (Lipinski definition) is 6. The van der Waals surface area contributed by atoms with Gasteiger partial charge in [0.05, 0.1) is 18.5 Å². The number of hydrogen-bond donors (Lipinski definition) is 2. The van der Waals surface area contributed by atoms with Crippen molar-refractivity contribution < 1.29 is 32.6 Å². The van der Waals surface area contributed by atoms with Crippen LogP contribution < -0.4 is 5.56 Å². The van der Waals surface area contributed by atoms with Gasteiger partial charge in [0.15, 0.2) is 0 Å². The van der Waals surface area contributed by atoms with Gasteiger partial charge < -0.3 is 19.7 Å². The number of carboxylic acid groups (broad SMARTS) is 1. The first-order valence-electron chi connectivity index (χ1n) is 8.33. The summed E-state index contributed by atoms with van der Waals surface area (Å²) < 4.78 is 37.0. The molecular weight excluding hydrogens is 385 g/mol. The summed E-state index contributed by atoms with van der Waals surface area (Å²) >= 11 is 0. The number of halogens is 3. The van der Waals surface area contributed by atoms with Gasteiger partial charge in [-0.25, -0.2) is 9.78 Å². The van der Waals surface area contributed by atoms with Crippen molar-refractivity contribution in [3.8, 4) is 0 Å². The quantitative estimate of drug-likeness (QED) is 0.737. The van der Waals surface area contributed by atoms with Crippen molar-refractivity contribution in [1.29, 1.82) is 0 Å². The lowest BCUT2D eigenvalue weighted by Crippen LogP contribution is -2.68. The fourth-order valence-electron chi connectivity index (χ4n) is 3.51. The number of likely N-dealkylation sites (N-methyl/N-ethyl adjacent to an activating group) is 1. The summed E-state index contributed by atoms with van der Waals surface area (Å²) in [6, 6.07) is 1.25. The number of carboxylic acids is 1. The van der Waals surface area contributed by atoms with Gasteiger partial charge in [0.2, 0.25) is 0 Å². The maximum atomic E-state index is 12.3. The van der Waals surface area contributed by atoms with Crippen molar-refractivity contribution in [3.63, 3.8) is 0 Å². The number of rotatable bonds is 3. The maximum absolute atomic E-state index is 12.3. The first kappa shape index (κ1) is 21.8. The minimum Gasteiger partial charge on any atom is -0.475 e. The molecule has 2 N–H and O–H groups in total. The molecular formula is C16H21F3N4O5. The van der Waals surface area contributed by atoms with E-state index in [0.29, 0.717) is 19.0 Å². The third-order valence-corrected chi connectivity index (χ3v) is 4.81. The second-order valence-corrected chi connectivity index (χ2v) is 6.89. The molecule has 0 saturated carbocycles. The van der Waals surface area contributed by atoms with Crippen LogP contribution in [0.5, 0.6) is 0 Å². The van der Waals surface area contributed by atoms with Crippen molar-refractivity contribution in [2.75, 3.05) is 40.4 Å². The zero-order chi connectivity index (χ0) is 21.1. The summed E-state index contributed by atoms with van der Waals surface area (Å²) in [5, 5.41) is 7.12. The third-order valence-electron chi connectivity index (χ3n) is 4.81. The molecule has 1 amide bonds. The molecule has 0 aliphatic carbocycles. The van der Waals surface area contributed by atoms with Crippen molar-refractivity contribution >= 4 is 11.9 Å². The zero-order valence-electron chi connectivity index (χ0n) is 15.3. The minimum atomic E-state index is -5.08. The van der Waals surface area contributed by atoms with Crippen LogP contribution in [-0.2, 0) is 9.53 Å². The first-order valence-corrected chi connectivity index (χ1v) is 8.33. The van der Waals surface area contributed by atoms with Crippen LogP contribution in [-0.4, -0.2) is 88.9 Å². The Bertz CT molecular complexity index is 776. The highest BCUT2D eigenvalue weighted by atomic mass is 19.4. The van der Waals surface area contributed by atoms with Crippen molar-refractivity contribution in [2.24, 2.45) is 5.92 Å². The summed E-state index contributed by atoms with van der Waals surface area (Å²) in [6.45, 7) is 3.14. The molecule has 3 heterocycles. The Labute approximate surface area is 158 Å². The molecule has 0 aromatic carbocycles. The molecule has 1 atom stereocenters. The largest absolute Gasteiger partial charge is 0.490 e. The van der Waals surface area contributed by atoms with Gasteiger partial charge >= 0.3 is 12.1 Å². The standard InChI is InChI=1S/C14H20N4O3.C2HF3O2/c1-17-5-10(6-21-2)4-14(17)7-18(8-14)13(20)11-3-12(19)16-9-15-11;3-2(4,5)1(6)7/h3,9-10H,4-8H2,1-2H3,(H,15,16,19);(H,6,7). The Morgan fingerprint density at radius 2 is 2.04 bits per heavy atom. The average Bonchev–Trinajstić information content (AvgIpc) is 2.89. The number of H-pyrrole nitrogens is 1. The number of amides is 1. The van der Waals surface area contributed by atoms with Crippen molar-refractivity contribution in [3.05, 3.63) is 28.4 Å². The van der Waals surface area contributed by atoms with Gasteiger partial charge in [-0.05, 0) is 19.4 Å². The molecule has 1 aromatic rings. The SMILES string of the molecule is COCC1CN(C)C2(C1)CN(C(=O)c1cc(=O)[nH]cn1)C2.O=C(O)C(F)(F)F. The number of likely N-dealkylation sites (tertiary alicyclic amines) is 2. The molecule has 3 rings (SSSR count). The van der Waals surface area contributed by atoms with Crippen LogP contribution >= 0.6 is 0 Å². The molecule has 1 aromatic heterocycles. The van der Waals surface area contributed by atoms with Gasteiger partial charge in [-0.1, -0.05) is 0 Å². The molecule has 156 valence electrons. The fraction of sp³-hybridized carbons (Fsp3) is 0.625. The highest BCUT2D eigenvalue weighted by Gasteiger charge is 2.53. The number of aliphatic carboxylic acids is 1. The number of aromatic amines is 1. The number of nitrogens with one attached hydrogen (secondary N) is 1. The molecule has 2 aliphatic rings. The number of alkyl halides is 3. The Morgan fingerprint density at radius 3 is 2.54 bits per heavy atom. The van der Waals surface area contributed by atoms with Crippen LogP contribution in [0.2, 0.25) is 0 Å². The first-order chi connectivity index (χ1) is 13.0. The lowest BCUT2D eigenvalue weighted by molar-refractivity contribution is -0.192. The molecule has 2 saturated heterocycles. The van der Waals surface area contributed by atoms with E-state index >= 15 is 0 Å². The third kappa shape index (κ3) is 4.87. The molecule has 1 spiro atoms. The Morgan fingerprint density at radius 1 is 1.43 bits per heavy atom. The van der Waals surface area contributed by atoms with Crippen LogP contribution in [0.3, 0.4) is 0 Å². The van der Waals surface area contributed by atoms with Gasteiger partial charge in [0.1, 0.15) is 5.69 Å². The fourth-order valence-corrected chi connectivity index (χ4v) is 3.51. The van der Waals surface area contributed by atoms with Crippen molar-refractivity contribution in [2.45, 2.75) is 18.1 Å². The number of methoxy groups -OCH3 is 1. The summed E-state index contributed by atoms with van der Waals surface area (Å²) in [7, 11) is 3.82. The topological polar surface area (TPSA) is 116 Å². The van der Waals surface area contributed by atoms with E-state index in [1.807, 2.05) is 0 Å². The normalized spacial score (nSPS) is 21.0. The summed E-state index contributed by atoms with van der Waals surface area (Å²) in [5.74, 6) is -2.40. The molecule has 12 heteroatoms. The summed E-state index contributed by atoms with van der Waals surface area (Å²) in [6.07, 6.45) is -2.77. The van der Waals surface area contributed by atoms with Gasteiger partial charge in [-0.3, -0.25) is 14.5 Å². The molecule has 1 unspecified atom stereocenters. The molecule has 2 aliphatic heterocycles. The average molecular weight is 406 g/mol.